The van der Waals surface area contributed by atoms with Crippen molar-refractivity contribution in [3.8, 4) is 5.75 Å². The van der Waals surface area contributed by atoms with Gasteiger partial charge in [0.05, 0.1) is 6.61 Å². The van der Waals surface area contributed by atoms with Crippen LogP contribution in [0.15, 0.2) is 18.2 Å². The number of nitrogens with one attached hydrogen (secondary N) is 1. The molecule has 0 saturated carbocycles. The Bertz CT molecular complexity index is 430. The van der Waals surface area contributed by atoms with E-state index in [1.807, 2.05) is 13.0 Å². The highest BCUT2D eigenvalue weighted by molar-refractivity contribution is 5.76. The Morgan fingerprint density at radius 2 is 2.39 bits per heavy atom. The highest BCUT2D eigenvalue weighted by Gasteiger charge is 2.11. The van der Waals surface area contributed by atoms with Crippen LogP contribution in [-0.4, -0.2) is 25.1 Å². The molecule has 0 spiro atoms. The van der Waals surface area contributed by atoms with Gasteiger partial charge >= 0.3 is 0 Å². The minimum absolute atomic E-state index is 0.0227. The molecule has 0 radical (unpaired) electrons. The van der Waals surface area contributed by atoms with Crippen LogP contribution in [0.4, 0.5) is 0 Å². The summed E-state index contributed by atoms with van der Waals surface area (Å²) in [5.74, 6) is 1.02. The predicted molar refractivity (Wildman–Crippen MR) is 70.6 cm³/mol. The van der Waals surface area contributed by atoms with E-state index < -0.39 is 0 Å². The van der Waals surface area contributed by atoms with Crippen molar-refractivity contribution < 1.29 is 9.53 Å². The molecular formula is C14H20N2O2. The van der Waals surface area contributed by atoms with E-state index in [-0.39, 0.29) is 11.9 Å². The third-order valence-corrected chi connectivity index (χ3v) is 3.00. The molecule has 1 aromatic carbocycles. The van der Waals surface area contributed by atoms with Crippen molar-refractivity contribution >= 4 is 5.91 Å². The first-order chi connectivity index (χ1) is 8.65. The Balaban J connectivity index is 1.78. The Hall–Kier alpha value is -1.55. The molecule has 0 aliphatic carbocycles. The van der Waals surface area contributed by atoms with Crippen LogP contribution in [0.25, 0.3) is 0 Å². The average molecular weight is 248 g/mol. The largest absolute Gasteiger partial charge is 0.493 e. The highest BCUT2D eigenvalue weighted by Crippen LogP contribution is 2.25. The smallest absolute Gasteiger partial charge is 0.221 e. The normalized spacial score (nSPS) is 14.8. The SMILES string of the molecule is CC(N)CC(=O)NCCc1ccc2c(c1)CCO2. The summed E-state index contributed by atoms with van der Waals surface area (Å²) in [6.07, 6.45) is 2.22. The number of carbonyl (C=O) groups excluding carboxylic acids is 1. The topological polar surface area (TPSA) is 64.4 Å². The average Bonchev–Trinajstić information content (AvgIpc) is 2.75. The summed E-state index contributed by atoms with van der Waals surface area (Å²) in [6.45, 7) is 3.27. The number of carbonyl (C=O) groups is 1. The Labute approximate surface area is 108 Å². The molecule has 0 saturated heterocycles. The second-order valence-electron chi connectivity index (χ2n) is 4.82. The summed E-state index contributed by atoms with van der Waals surface area (Å²) in [6, 6.07) is 6.16. The van der Waals surface area contributed by atoms with Gasteiger partial charge in [0, 0.05) is 25.4 Å². The first-order valence-corrected chi connectivity index (χ1v) is 6.42. The number of nitrogens with two attached hydrogens (primary N) is 1. The summed E-state index contributed by atoms with van der Waals surface area (Å²) in [4.78, 5) is 11.4. The van der Waals surface area contributed by atoms with Crippen molar-refractivity contribution in [3.05, 3.63) is 29.3 Å². The fraction of sp³-hybridized carbons (Fsp3) is 0.500. The molecule has 3 N–H and O–H groups in total. The number of fused-ring (bicyclic) bond motifs is 1. The molecule has 1 atom stereocenters. The molecule has 0 fully saturated rings. The Morgan fingerprint density at radius 1 is 1.56 bits per heavy atom. The van der Waals surface area contributed by atoms with Crippen LogP contribution < -0.4 is 15.8 Å². The molecule has 18 heavy (non-hydrogen) atoms. The van der Waals surface area contributed by atoms with Crippen LogP contribution in [0.3, 0.4) is 0 Å². The van der Waals surface area contributed by atoms with E-state index in [1.165, 1.54) is 11.1 Å². The quantitative estimate of drug-likeness (QED) is 0.817. The zero-order valence-corrected chi connectivity index (χ0v) is 10.7. The summed E-state index contributed by atoms with van der Waals surface area (Å²) in [7, 11) is 0. The third-order valence-electron chi connectivity index (χ3n) is 3.00. The molecule has 1 amide bonds. The van der Waals surface area contributed by atoms with Gasteiger partial charge in [0.15, 0.2) is 0 Å². The maximum Gasteiger partial charge on any atom is 0.221 e. The lowest BCUT2D eigenvalue weighted by Gasteiger charge is -2.08. The van der Waals surface area contributed by atoms with E-state index >= 15 is 0 Å². The predicted octanol–water partition coefficient (Wildman–Crippen LogP) is 1.02. The molecule has 98 valence electrons. The summed E-state index contributed by atoms with van der Waals surface area (Å²) in [5.41, 5.74) is 8.07. The van der Waals surface area contributed by atoms with Crippen LogP contribution in [0.1, 0.15) is 24.5 Å². The molecular weight excluding hydrogens is 228 g/mol. The van der Waals surface area contributed by atoms with Crippen LogP contribution in [0.5, 0.6) is 5.75 Å². The first kappa shape index (κ1) is 12.9. The van der Waals surface area contributed by atoms with E-state index in [9.17, 15) is 4.79 Å². The van der Waals surface area contributed by atoms with Gasteiger partial charge in [-0.15, -0.1) is 0 Å². The second-order valence-corrected chi connectivity index (χ2v) is 4.82. The van der Waals surface area contributed by atoms with Gasteiger partial charge in [0.1, 0.15) is 5.75 Å². The first-order valence-electron chi connectivity index (χ1n) is 6.42. The van der Waals surface area contributed by atoms with Gasteiger partial charge in [-0.3, -0.25) is 4.79 Å². The molecule has 1 heterocycles. The number of amides is 1. The van der Waals surface area contributed by atoms with Crippen LogP contribution >= 0.6 is 0 Å². The van der Waals surface area contributed by atoms with E-state index in [4.69, 9.17) is 10.5 Å². The number of benzene rings is 1. The van der Waals surface area contributed by atoms with Gasteiger partial charge in [-0.2, -0.15) is 0 Å². The second kappa shape index (κ2) is 5.87. The summed E-state index contributed by atoms with van der Waals surface area (Å²) < 4.78 is 5.46. The highest BCUT2D eigenvalue weighted by atomic mass is 16.5. The molecule has 0 aromatic heterocycles. The van der Waals surface area contributed by atoms with E-state index in [0.29, 0.717) is 13.0 Å². The zero-order valence-electron chi connectivity index (χ0n) is 10.7. The lowest BCUT2D eigenvalue weighted by molar-refractivity contribution is -0.121. The van der Waals surface area contributed by atoms with Gasteiger partial charge in [-0.05, 0) is 30.5 Å². The maximum atomic E-state index is 11.4. The van der Waals surface area contributed by atoms with Crippen LogP contribution in [0, 0.1) is 0 Å². The fourth-order valence-corrected chi connectivity index (χ4v) is 2.11. The van der Waals surface area contributed by atoms with E-state index in [1.54, 1.807) is 0 Å². The van der Waals surface area contributed by atoms with Gasteiger partial charge < -0.3 is 15.8 Å². The van der Waals surface area contributed by atoms with Crippen LogP contribution in [-0.2, 0) is 17.6 Å². The molecule has 4 heteroatoms. The molecule has 1 aromatic rings. The third kappa shape index (κ3) is 3.47. The summed E-state index contributed by atoms with van der Waals surface area (Å²) in [5, 5.41) is 2.88. The monoisotopic (exact) mass is 248 g/mol. The summed E-state index contributed by atoms with van der Waals surface area (Å²) >= 11 is 0. The Morgan fingerprint density at radius 3 is 3.17 bits per heavy atom. The van der Waals surface area contributed by atoms with Crippen molar-refractivity contribution in [2.75, 3.05) is 13.2 Å². The molecule has 4 nitrogen and oxygen atoms in total. The van der Waals surface area contributed by atoms with Gasteiger partial charge in [0.2, 0.25) is 5.91 Å². The van der Waals surface area contributed by atoms with Crippen molar-refractivity contribution in [2.45, 2.75) is 32.2 Å². The molecule has 2 rings (SSSR count). The standard InChI is InChI=1S/C14H20N2O2/c1-10(15)8-14(17)16-6-4-11-2-3-13-12(9-11)5-7-18-13/h2-3,9-10H,4-8,15H2,1H3,(H,16,17). The van der Waals surface area contributed by atoms with Gasteiger partial charge in [-0.1, -0.05) is 12.1 Å². The molecule has 1 aliphatic rings. The molecule has 0 bridgehead atoms. The zero-order chi connectivity index (χ0) is 13.0. The van der Waals surface area contributed by atoms with Gasteiger partial charge in [-0.25, -0.2) is 0 Å². The van der Waals surface area contributed by atoms with Crippen molar-refractivity contribution in [2.24, 2.45) is 5.73 Å². The van der Waals surface area contributed by atoms with E-state index in [0.717, 1.165) is 25.2 Å². The number of hydrogen-bond acceptors (Lipinski definition) is 3. The number of ether oxygens (including phenoxy) is 1. The lowest BCUT2D eigenvalue weighted by Crippen LogP contribution is -2.31. The van der Waals surface area contributed by atoms with Crippen molar-refractivity contribution in [3.63, 3.8) is 0 Å². The minimum Gasteiger partial charge on any atom is -0.493 e. The van der Waals surface area contributed by atoms with Crippen molar-refractivity contribution in [1.29, 1.82) is 0 Å². The maximum absolute atomic E-state index is 11.4. The van der Waals surface area contributed by atoms with Gasteiger partial charge in [0.25, 0.3) is 0 Å². The number of hydrogen-bond donors (Lipinski definition) is 2. The van der Waals surface area contributed by atoms with E-state index in [2.05, 4.69) is 17.4 Å². The Kier molecular flexibility index (Phi) is 4.20. The minimum atomic E-state index is -0.0813. The number of rotatable bonds is 5. The lowest BCUT2D eigenvalue weighted by atomic mass is 10.1. The molecule has 1 aliphatic heterocycles. The molecule has 1 unspecified atom stereocenters. The van der Waals surface area contributed by atoms with Crippen molar-refractivity contribution in [1.82, 2.24) is 5.32 Å². The fourth-order valence-electron chi connectivity index (χ4n) is 2.11. The van der Waals surface area contributed by atoms with Crippen LogP contribution in [0.2, 0.25) is 0 Å².